The third kappa shape index (κ3) is 4.45. The predicted octanol–water partition coefficient (Wildman–Crippen LogP) is 2.70. The molecule has 0 aliphatic carbocycles. The molecular formula is C20H23N5O2S. The minimum Gasteiger partial charge on any atom is -0.340 e. The van der Waals surface area contributed by atoms with Gasteiger partial charge in [0.2, 0.25) is 17.6 Å². The number of aryl methyl sites for hydroxylation is 2. The number of hydrogen-bond donors (Lipinski definition) is 0. The number of amides is 1. The van der Waals surface area contributed by atoms with Crippen LogP contribution in [0.5, 0.6) is 0 Å². The van der Waals surface area contributed by atoms with Crippen molar-refractivity contribution < 1.29 is 9.32 Å². The van der Waals surface area contributed by atoms with E-state index in [2.05, 4.69) is 20.0 Å². The highest BCUT2D eigenvalue weighted by Crippen LogP contribution is 2.17. The molecule has 28 heavy (non-hydrogen) atoms. The molecule has 1 aliphatic rings. The lowest BCUT2D eigenvalue weighted by atomic mass is 10.1. The molecule has 1 saturated heterocycles. The second kappa shape index (κ2) is 8.20. The number of thiazole rings is 1. The van der Waals surface area contributed by atoms with E-state index in [0.29, 0.717) is 37.8 Å². The Morgan fingerprint density at radius 3 is 2.54 bits per heavy atom. The van der Waals surface area contributed by atoms with Gasteiger partial charge in [-0.2, -0.15) is 4.98 Å². The fourth-order valence-electron chi connectivity index (χ4n) is 3.24. The van der Waals surface area contributed by atoms with Crippen LogP contribution in [0.25, 0.3) is 11.4 Å². The number of carbonyl (C=O) groups excluding carboxylic acids is 1. The summed E-state index contributed by atoms with van der Waals surface area (Å²) in [5.74, 6) is 1.36. The number of carbonyl (C=O) groups is 1. The lowest BCUT2D eigenvalue weighted by molar-refractivity contribution is -0.132. The largest absolute Gasteiger partial charge is 0.340 e. The molecule has 2 aromatic heterocycles. The van der Waals surface area contributed by atoms with Crippen LogP contribution in [0.4, 0.5) is 0 Å². The van der Waals surface area contributed by atoms with E-state index >= 15 is 0 Å². The Morgan fingerprint density at radius 2 is 1.86 bits per heavy atom. The molecule has 146 valence electrons. The Labute approximate surface area is 168 Å². The van der Waals surface area contributed by atoms with E-state index < -0.39 is 0 Å². The monoisotopic (exact) mass is 397 g/mol. The lowest BCUT2D eigenvalue weighted by Gasteiger charge is -2.33. The van der Waals surface area contributed by atoms with Gasteiger partial charge in [-0.3, -0.25) is 9.69 Å². The van der Waals surface area contributed by atoms with Crippen molar-refractivity contribution in [2.24, 2.45) is 0 Å². The molecule has 1 aromatic carbocycles. The average molecular weight is 398 g/mol. The highest BCUT2D eigenvalue weighted by Gasteiger charge is 2.23. The second-order valence-electron chi connectivity index (χ2n) is 7.07. The van der Waals surface area contributed by atoms with Crippen LogP contribution in [0.2, 0.25) is 0 Å². The summed E-state index contributed by atoms with van der Waals surface area (Å²) in [6.07, 6.45) is 0.383. The molecule has 3 heterocycles. The standard InChI is InChI=1S/C20H23N5O2S/c1-14-3-5-16(6-4-14)20-22-18(27-23-20)12-24-7-9-25(10-8-24)19(26)11-17-13-28-15(2)21-17/h3-6,13H,7-12H2,1-2H3. The van der Waals surface area contributed by atoms with Gasteiger partial charge in [0.1, 0.15) is 0 Å². The van der Waals surface area contributed by atoms with E-state index in [1.165, 1.54) is 5.56 Å². The molecule has 8 heteroatoms. The van der Waals surface area contributed by atoms with E-state index in [1.807, 2.05) is 48.4 Å². The number of rotatable bonds is 5. The summed E-state index contributed by atoms with van der Waals surface area (Å²) < 4.78 is 5.42. The van der Waals surface area contributed by atoms with Crippen molar-refractivity contribution in [3.63, 3.8) is 0 Å². The first kappa shape index (κ1) is 18.8. The minimum atomic E-state index is 0.143. The minimum absolute atomic E-state index is 0.143. The van der Waals surface area contributed by atoms with Crippen molar-refractivity contribution in [2.75, 3.05) is 26.2 Å². The quantitative estimate of drug-likeness (QED) is 0.659. The molecule has 4 rings (SSSR count). The fraction of sp³-hybridized carbons (Fsp3) is 0.400. The van der Waals surface area contributed by atoms with Crippen molar-refractivity contribution in [1.29, 1.82) is 0 Å². The van der Waals surface area contributed by atoms with Gasteiger partial charge in [-0.15, -0.1) is 11.3 Å². The summed E-state index contributed by atoms with van der Waals surface area (Å²) in [4.78, 5) is 25.5. The molecule has 0 atom stereocenters. The summed E-state index contributed by atoms with van der Waals surface area (Å²) in [6, 6.07) is 8.07. The van der Waals surface area contributed by atoms with Crippen LogP contribution in [-0.2, 0) is 17.8 Å². The zero-order valence-corrected chi connectivity index (χ0v) is 16.9. The molecule has 0 spiro atoms. The number of piperazine rings is 1. The highest BCUT2D eigenvalue weighted by atomic mass is 32.1. The maximum atomic E-state index is 12.5. The van der Waals surface area contributed by atoms with Crippen molar-refractivity contribution in [2.45, 2.75) is 26.8 Å². The molecule has 1 fully saturated rings. The van der Waals surface area contributed by atoms with Gasteiger partial charge in [-0.1, -0.05) is 35.0 Å². The van der Waals surface area contributed by atoms with Crippen LogP contribution in [0, 0.1) is 13.8 Å². The highest BCUT2D eigenvalue weighted by molar-refractivity contribution is 7.09. The molecule has 0 radical (unpaired) electrons. The summed E-state index contributed by atoms with van der Waals surface area (Å²) in [5, 5.41) is 7.05. The molecule has 3 aromatic rings. The van der Waals surface area contributed by atoms with E-state index in [-0.39, 0.29) is 5.91 Å². The van der Waals surface area contributed by atoms with Crippen LogP contribution >= 0.6 is 11.3 Å². The van der Waals surface area contributed by atoms with Gasteiger partial charge in [0, 0.05) is 37.1 Å². The van der Waals surface area contributed by atoms with Crippen LogP contribution in [0.3, 0.4) is 0 Å². The molecule has 1 amide bonds. The second-order valence-corrected chi connectivity index (χ2v) is 8.13. The Kier molecular flexibility index (Phi) is 5.50. The van der Waals surface area contributed by atoms with Crippen LogP contribution in [-0.4, -0.2) is 57.0 Å². The van der Waals surface area contributed by atoms with E-state index in [1.54, 1.807) is 11.3 Å². The van der Waals surface area contributed by atoms with E-state index in [0.717, 1.165) is 29.4 Å². The normalized spacial score (nSPS) is 15.1. The Morgan fingerprint density at radius 1 is 1.11 bits per heavy atom. The lowest BCUT2D eigenvalue weighted by Crippen LogP contribution is -2.48. The maximum absolute atomic E-state index is 12.5. The van der Waals surface area contributed by atoms with Crippen molar-refractivity contribution in [3.05, 3.63) is 51.8 Å². The van der Waals surface area contributed by atoms with Gasteiger partial charge in [-0.25, -0.2) is 4.98 Å². The van der Waals surface area contributed by atoms with Gasteiger partial charge in [0.25, 0.3) is 0 Å². The first-order valence-corrected chi connectivity index (χ1v) is 10.3. The van der Waals surface area contributed by atoms with Crippen molar-refractivity contribution in [1.82, 2.24) is 24.9 Å². The van der Waals surface area contributed by atoms with Gasteiger partial charge >= 0.3 is 0 Å². The van der Waals surface area contributed by atoms with Crippen molar-refractivity contribution >= 4 is 17.2 Å². The molecule has 0 unspecified atom stereocenters. The van der Waals surface area contributed by atoms with Crippen LogP contribution in [0.1, 0.15) is 22.2 Å². The molecule has 0 N–H and O–H groups in total. The third-order valence-electron chi connectivity index (χ3n) is 4.86. The number of nitrogens with zero attached hydrogens (tertiary/aromatic N) is 5. The van der Waals surface area contributed by atoms with Gasteiger partial charge < -0.3 is 9.42 Å². The SMILES string of the molecule is Cc1ccc(-c2noc(CN3CCN(C(=O)Cc4csc(C)n4)CC3)n2)cc1. The Hall–Kier alpha value is -2.58. The van der Waals surface area contributed by atoms with Gasteiger partial charge in [-0.05, 0) is 13.8 Å². The number of aromatic nitrogens is 3. The summed E-state index contributed by atoms with van der Waals surface area (Å²) >= 11 is 1.58. The maximum Gasteiger partial charge on any atom is 0.241 e. The molecule has 0 saturated carbocycles. The van der Waals surface area contributed by atoms with Crippen LogP contribution in [0.15, 0.2) is 34.2 Å². The van der Waals surface area contributed by atoms with Gasteiger partial charge in [0.05, 0.1) is 23.7 Å². The topological polar surface area (TPSA) is 75.4 Å². The fourth-order valence-corrected chi connectivity index (χ4v) is 3.85. The first-order chi connectivity index (χ1) is 13.6. The number of hydrogen-bond acceptors (Lipinski definition) is 7. The van der Waals surface area contributed by atoms with Crippen molar-refractivity contribution in [3.8, 4) is 11.4 Å². The van der Waals surface area contributed by atoms with Crippen LogP contribution < -0.4 is 0 Å². The molecule has 1 aliphatic heterocycles. The Bertz CT molecular complexity index is 942. The first-order valence-electron chi connectivity index (χ1n) is 9.37. The molecule has 0 bridgehead atoms. The molecular weight excluding hydrogens is 374 g/mol. The summed E-state index contributed by atoms with van der Waals surface area (Å²) in [6.45, 7) is 7.62. The Balaban J connectivity index is 1.28. The third-order valence-corrected chi connectivity index (χ3v) is 5.68. The van der Waals surface area contributed by atoms with E-state index in [9.17, 15) is 4.79 Å². The smallest absolute Gasteiger partial charge is 0.241 e. The summed E-state index contributed by atoms with van der Waals surface area (Å²) in [7, 11) is 0. The average Bonchev–Trinajstić information content (AvgIpc) is 3.32. The zero-order chi connectivity index (χ0) is 19.5. The van der Waals surface area contributed by atoms with Gasteiger partial charge in [0.15, 0.2) is 0 Å². The van der Waals surface area contributed by atoms with E-state index in [4.69, 9.17) is 4.52 Å². The molecule has 7 nitrogen and oxygen atoms in total. The zero-order valence-electron chi connectivity index (χ0n) is 16.1. The number of benzene rings is 1. The summed E-state index contributed by atoms with van der Waals surface area (Å²) in [5.41, 5.74) is 3.02. The predicted molar refractivity (Wildman–Crippen MR) is 107 cm³/mol.